The molecule has 0 unspecified atom stereocenters. The van der Waals surface area contributed by atoms with Crippen LogP contribution in [0.1, 0.15) is 38.7 Å². The summed E-state index contributed by atoms with van der Waals surface area (Å²) in [5.41, 5.74) is 5.36. The summed E-state index contributed by atoms with van der Waals surface area (Å²) in [5.74, 6) is -1.21. The molecular formula is C22H30F2N4O4. The molecule has 10 heteroatoms. The molecule has 1 aliphatic carbocycles. The third kappa shape index (κ3) is 6.01. The normalized spacial score (nSPS) is 17.8. The number of alkyl halides is 2. The van der Waals surface area contributed by atoms with E-state index in [2.05, 4.69) is 5.32 Å². The molecule has 3 amide bonds. The highest BCUT2D eigenvalue weighted by Gasteiger charge is 2.36. The van der Waals surface area contributed by atoms with E-state index in [4.69, 9.17) is 10.5 Å². The van der Waals surface area contributed by atoms with Gasteiger partial charge in [0.05, 0.1) is 12.3 Å². The molecule has 1 saturated carbocycles. The summed E-state index contributed by atoms with van der Waals surface area (Å²) >= 11 is 0. The molecule has 8 nitrogen and oxygen atoms in total. The second-order valence-electron chi connectivity index (χ2n) is 8.76. The number of amides is 3. The fourth-order valence-corrected chi connectivity index (χ4v) is 3.90. The highest BCUT2D eigenvalue weighted by molar-refractivity contribution is 6.09. The first-order chi connectivity index (χ1) is 15.2. The molecule has 1 heterocycles. The summed E-state index contributed by atoms with van der Waals surface area (Å²) in [6.07, 6.45) is -0.778. The smallest absolute Gasteiger partial charge is 0.265 e. The number of benzene rings is 1. The molecule has 1 aliphatic heterocycles. The number of primary amides is 1. The fraction of sp³-hybridized carbons (Fsp3) is 0.591. The Kier molecular flexibility index (Phi) is 7.78. The molecule has 2 fully saturated rings. The van der Waals surface area contributed by atoms with Crippen molar-refractivity contribution in [3.63, 3.8) is 0 Å². The largest absolute Gasteiger partial charge is 0.370 e. The molecule has 0 spiro atoms. The van der Waals surface area contributed by atoms with Crippen molar-refractivity contribution in [1.29, 1.82) is 0 Å². The first-order valence-corrected chi connectivity index (χ1v) is 10.8. The third-order valence-electron chi connectivity index (χ3n) is 5.48. The summed E-state index contributed by atoms with van der Waals surface area (Å²) < 4.78 is 32.6. The predicted molar refractivity (Wildman–Crippen MR) is 115 cm³/mol. The van der Waals surface area contributed by atoms with Gasteiger partial charge in [0.15, 0.2) is 6.04 Å². The molecule has 0 radical (unpaired) electrons. The van der Waals surface area contributed by atoms with Gasteiger partial charge in [-0.2, -0.15) is 0 Å². The van der Waals surface area contributed by atoms with Gasteiger partial charge in [-0.3, -0.25) is 19.3 Å². The first-order valence-electron chi connectivity index (χ1n) is 10.8. The number of nitrogens with two attached hydrogens (primary N) is 1. The average molecular weight is 453 g/mol. The Labute approximate surface area is 186 Å². The number of rotatable bonds is 10. The minimum absolute atomic E-state index is 0.0768. The molecule has 3 N–H and O–H groups in total. The van der Waals surface area contributed by atoms with Gasteiger partial charge in [-0.1, -0.05) is 13.8 Å². The van der Waals surface area contributed by atoms with Crippen LogP contribution in [0.25, 0.3) is 0 Å². The molecule has 3 rings (SSSR count). The number of nitrogens with one attached hydrogen (secondary N) is 1. The standard InChI is InChI=1S/C22H30F2N4O4/c1-13(2)10-27(11-14-3-4-14)19(21(25)30)22(31)26-15-5-6-17(16(9-15)20(23)24)28-7-8-32-12-18(28)29/h5-6,9,13-14,19-20H,3-4,7-8,10-12H2,1-2H3,(H2,25,30)(H,26,31)/t19-/m1/s1. The van der Waals surface area contributed by atoms with Crippen LogP contribution >= 0.6 is 0 Å². The zero-order valence-electron chi connectivity index (χ0n) is 18.4. The maximum atomic E-state index is 13.8. The Hall–Kier alpha value is -2.59. The van der Waals surface area contributed by atoms with Crippen LogP contribution in [0, 0.1) is 11.8 Å². The molecule has 32 heavy (non-hydrogen) atoms. The predicted octanol–water partition coefficient (Wildman–Crippen LogP) is 2.15. The lowest BCUT2D eigenvalue weighted by Crippen LogP contribution is -2.53. The molecule has 176 valence electrons. The summed E-state index contributed by atoms with van der Waals surface area (Å²) in [7, 11) is 0. The lowest BCUT2D eigenvalue weighted by Gasteiger charge is -2.30. The molecule has 2 aliphatic rings. The van der Waals surface area contributed by atoms with Crippen LogP contribution in [0.15, 0.2) is 18.2 Å². The van der Waals surface area contributed by atoms with Gasteiger partial charge in [0.1, 0.15) is 6.61 Å². The van der Waals surface area contributed by atoms with E-state index < -0.39 is 30.2 Å². The summed E-state index contributed by atoms with van der Waals surface area (Å²) in [6, 6.07) is 2.74. The minimum Gasteiger partial charge on any atom is -0.370 e. The SMILES string of the molecule is CC(C)CN(CC1CC1)[C@H](C(N)=O)C(=O)Nc1ccc(N2CCOCC2=O)c(C(F)F)c1. The lowest BCUT2D eigenvalue weighted by atomic mass is 10.1. The molecule has 0 bridgehead atoms. The van der Waals surface area contributed by atoms with E-state index in [-0.39, 0.29) is 42.6 Å². The van der Waals surface area contributed by atoms with Gasteiger partial charge in [-0.15, -0.1) is 0 Å². The number of morpholine rings is 1. The molecule has 1 aromatic rings. The van der Waals surface area contributed by atoms with Gasteiger partial charge in [0.2, 0.25) is 5.91 Å². The fourth-order valence-electron chi connectivity index (χ4n) is 3.90. The number of halogens is 2. The van der Waals surface area contributed by atoms with Crippen molar-refractivity contribution in [2.75, 3.05) is 43.1 Å². The Bertz CT molecular complexity index is 856. The van der Waals surface area contributed by atoms with Crippen molar-refractivity contribution < 1.29 is 27.9 Å². The highest BCUT2D eigenvalue weighted by atomic mass is 19.3. The number of hydrogen-bond acceptors (Lipinski definition) is 5. The minimum atomic E-state index is -2.86. The summed E-state index contributed by atoms with van der Waals surface area (Å²) in [4.78, 5) is 40.3. The van der Waals surface area contributed by atoms with E-state index in [1.807, 2.05) is 13.8 Å². The van der Waals surface area contributed by atoms with Crippen molar-refractivity contribution in [3.05, 3.63) is 23.8 Å². The number of ether oxygens (including phenoxy) is 1. The van der Waals surface area contributed by atoms with E-state index >= 15 is 0 Å². The van der Waals surface area contributed by atoms with Crippen LogP contribution < -0.4 is 16.0 Å². The van der Waals surface area contributed by atoms with Gasteiger partial charge in [0, 0.05) is 30.9 Å². The number of nitrogens with zero attached hydrogens (tertiary/aromatic N) is 2. The second kappa shape index (κ2) is 10.4. The van der Waals surface area contributed by atoms with Gasteiger partial charge in [0.25, 0.3) is 18.2 Å². The number of anilines is 2. The van der Waals surface area contributed by atoms with Crippen LogP contribution in [0.2, 0.25) is 0 Å². The van der Waals surface area contributed by atoms with Crippen molar-refractivity contribution in [2.24, 2.45) is 17.6 Å². The molecular weight excluding hydrogens is 422 g/mol. The average Bonchev–Trinajstić information content (AvgIpc) is 3.51. The Morgan fingerprint density at radius 2 is 2.03 bits per heavy atom. The zero-order chi connectivity index (χ0) is 23.4. The Balaban J connectivity index is 1.82. The third-order valence-corrected chi connectivity index (χ3v) is 5.48. The van der Waals surface area contributed by atoms with Crippen molar-refractivity contribution >= 4 is 29.1 Å². The van der Waals surface area contributed by atoms with Crippen LogP contribution in [0.3, 0.4) is 0 Å². The van der Waals surface area contributed by atoms with Gasteiger partial charge < -0.3 is 20.7 Å². The molecule has 1 aromatic carbocycles. The number of carbonyl (C=O) groups is 3. The summed E-state index contributed by atoms with van der Waals surface area (Å²) in [5, 5.41) is 2.56. The Morgan fingerprint density at radius 1 is 1.31 bits per heavy atom. The van der Waals surface area contributed by atoms with E-state index in [1.165, 1.54) is 17.0 Å². The monoisotopic (exact) mass is 452 g/mol. The molecule has 1 saturated heterocycles. The van der Waals surface area contributed by atoms with Gasteiger partial charge >= 0.3 is 0 Å². The van der Waals surface area contributed by atoms with E-state index in [1.54, 1.807) is 4.90 Å². The van der Waals surface area contributed by atoms with Crippen LogP contribution in [0.4, 0.5) is 20.2 Å². The van der Waals surface area contributed by atoms with Crippen molar-refractivity contribution in [1.82, 2.24) is 4.90 Å². The number of hydrogen-bond donors (Lipinski definition) is 2. The van der Waals surface area contributed by atoms with Crippen molar-refractivity contribution in [3.8, 4) is 0 Å². The van der Waals surface area contributed by atoms with E-state index in [0.29, 0.717) is 19.0 Å². The maximum absolute atomic E-state index is 13.8. The first kappa shape index (κ1) is 24.1. The highest BCUT2D eigenvalue weighted by Crippen LogP contribution is 2.34. The topological polar surface area (TPSA) is 105 Å². The molecule has 0 aromatic heterocycles. The van der Waals surface area contributed by atoms with Gasteiger partial charge in [-0.25, -0.2) is 8.78 Å². The zero-order valence-corrected chi connectivity index (χ0v) is 18.4. The maximum Gasteiger partial charge on any atom is 0.265 e. The van der Waals surface area contributed by atoms with Crippen LogP contribution in [-0.2, 0) is 19.1 Å². The van der Waals surface area contributed by atoms with E-state index in [9.17, 15) is 23.2 Å². The summed E-state index contributed by atoms with van der Waals surface area (Å²) in [6.45, 7) is 5.30. The Morgan fingerprint density at radius 3 is 2.59 bits per heavy atom. The van der Waals surface area contributed by atoms with E-state index in [0.717, 1.165) is 18.9 Å². The van der Waals surface area contributed by atoms with Crippen LogP contribution in [0.5, 0.6) is 0 Å². The van der Waals surface area contributed by atoms with Crippen molar-refractivity contribution in [2.45, 2.75) is 39.2 Å². The number of carbonyl (C=O) groups excluding carboxylic acids is 3. The van der Waals surface area contributed by atoms with Crippen LogP contribution in [-0.4, -0.2) is 61.5 Å². The molecule has 1 atom stereocenters. The lowest BCUT2D eigenvalue weighted by molar-refractivity contribution is -0.133. The second-order valence-corrected chi connectivity index (χ2v) is 8.76. The quantitative estimate of drug-likeness (QED) is 0.530. The van der Waals surface area contributed by atoms with Gasteiger partial charge in [-0.05, 0) is 42.9 Å².